The molecule has 0 unspecified atom stereocenters. The molecule has 0 amide bonds. The maximum absolute atomic E-state index is 10.4. The van der Waals surface area contributed by atoms with Crippen molar-refractivity contribution in [2.45, 2.75) is 0 Å². The van der Waals surface area contributed by atoms with Crippen LogP contribution in [-0.4, -0.2) is 22.6 Å². The van der Waals surface area contributed by atoms with E-state index < -0.39 is 4.92 Å². The lowest BCUT2D eigenvalue weighted by Gasteiger charge is -2.06. The predicted octanol–water partition coefficient (Wildman–Crippen LogP) is 1.37. The average Bonchev–Trinajstić information content (AvgIpc) is 2.26. The van der Waals surface area contributed by atoms with Gasteiger partial charge in [0.05, 0.1) is 9.95 Å². The normalized spacial score (nSPS) is 11.2. The zero-order valence-corrected chi connectivity index (χ0v) is 8.72. The molecule has 8 heteroatoms. The van der Waals surface area contributed by atoms with Crippen molar-refractivity contribution in [3.63, 3.8) is 0 Å². The van der Waals surface area contributed by atoms with E-state index in [1.54, 1.807) is 0 Å². The third-order valence-electron chi connectivity index (χ3n) is 1.63. The van der Waals surface area contributed by atoms with Crippen LogP contribution in [0.4, 0.5) is 5.69 Å². The molecule has 0 radical (unpaired) electrons. The Bertz CT molecular complexity index is 435. The summed E-state index contributed by atoms with van der Waals surface area (Å²) in [6.45, 7) is -0.159. The van der Waals surface area contributed by atoms with Gasteiger partial charge >= 0.3 is 0 Å². The monoisotopic (exact) mass is 245 g/mol. The Morgan fingerprint density at radius 3 is 2.88 bits per heavy atom. The summed E-state index contributed by atoms with van der Waals surface area (Å²) in [7, 11) is 0. The lowest BCUT2D eigenvalue weighted by molar-refractivity contribution is -0.384. The number of non-ortho nitro benzene ring substituents is 1. The zero-order valence-electron chi connectivity index (χ0n) is 7.96. The highest BCUT2D eigenvalue weighted by Gasteiger charge is 2.10. The number of nitro groups is 1. The van der Waals surface area contributed by atoms with Crippen LogP contribution in [0.3, 0.4) is 0 Å². The predicted molar refractivity (Wildman–Crippen MR) is 57.0 cm³/mol. The standard InChI is InChI=1S/C8H8ClN3O4/c9-6-3-5(12(14)15)1-2-7(6)16-4-8(10)11-13/h1-3,13H,4H2,(H2,10,11). The smallest absolute Gasteiger partial charge is 0.271 e. The molecule has 0 saturated heterocycles. The summed E-state index contributed by atoms with van der Waals surface area (Å²) >= 11 is 5.73. The van der Waals surface area contributed by atoms with Crippen LogP contribution in [0.15, 0.2) is 23.4 Å². The molecular weight excluding hydrogens is 238 g/mol. The van der Waals surface area contributed by atoms with E-state index in [1.165, 1.54) is 12.1 Å². The SMILES string of the molecule is N/C(COc1ccc([N+](=O)[O-])cc1Cl)=N\O. The van der Waals surface area contributed by atoms with E-state index in [0.29, 0.717) is 0 Å². The lowest BCUT2D eigenvalue weighted by atomic mass is 10.3. The number of nitro benzene ring substituents is 1. The van der Waals surface area contributed by atoms with E-state index in [9.17, 15) is 10.1 Å². The van der Waals surface area contributed by atoms with Crippen LogP contribution in [0.1, 0.15) is 0 Å². The molecule has 7 nitrogen and oxygen atoms in total. The average molecular weight is 246 g/mol. The Balaban J connectivity index is 2.79. The quantitative estimate of drug-likeness (QED) is 0.274. The van der Waals surface area contributed by atoms with E-state index in [1.807, 2.05) is 0 Å². The van der Waals surface area contributed by atoms with Gasteiger partial charge in [0.2, 0.25) is 0 Å². The second kappa shape index (κ2) is 5.17. The van der Waals surface area contributed by atoms with Gasteiger partial charge in [-0.05, 0) is 6.07 Å². The fraction of sp³-hybridized carbons (Fsp3) is 0.125. The first-order chi connectivity index (χ1) is 7.54. The molecule has 0 bridgehead atoms. The zero-order chi connectivity index (χ0) is 12.1. The number of ether oxygens (including phenoxy) is 1. The molecule has 1 aromatic rings. The number of nitrogens with two attached hydrogens (primary N) is 1. The van der Waals surface area contributed by atoms with E-state index in [0.717, 1.165) is 6.07 Å². The molecule has 1 rings (SSSR count). The molecule has 0 aromatic heterocycles. The van der Waals surface area contributed by atoms with E-state index in [4.69, 9.17) is 27.3 Å². The lowest BCUT2D eigenvalue weighted by Crippen LogP contribution is -2.20. The minimum absolute atomic E-state index is 0.0833. The van der Waals surface area contributed by atoms with Gasteiger partial charge in [-0.3, -0.25) is 10.1 Å². The van der Waals surface area contributed by atoms with Gasteiger partial charge < -0.3 is 15.7 Å². The van der Waals surface area contributed by atoms with E-state index >= 15 is 0 Å². The Morgan fingerprint density at radius 1 is 1.69 bits per heavy atom. The molecule has 0 aliphatic heterocycles. The molecule has 0 fully saturated rings. The Labute approximate surface area is 95.2 Å². The Kier molecular flexibility index (Phi) is 3.90. The maximum atomic E-state index is 10.4. The van der Waals surface area contributed by atoms with Gasteiger partial charge in [0.15, 0.2) is 5.84 Å². The first-order valence-electron chi connectivity index (χ1n) is 4.07. The number of hydrogen-bond acceptors (Lipinski definition) is 5. The largest absolute Gasteiger partial charge is 0.484 e. The highest BCUT2D eigenvalue weighted by molar-refractivity contribution is 6.32. The van der Waals surface area contributed by atoms with Crippen molar-refractivity contribution in [1.82, 2.24) is 0 Å². The first kappa shape index (κ1) is 12.1. The summed E-state index contributed by atoms with van der Waals surface area (Å²) in [4.78, 5) is 9.84. The van der Waals surface area contributed by atoms with Gasteiger partial charge in [0, 0.05) is 12.1 Å². The third kappa shape index (κ3) is 2.99. The van der Waals surface area contributed by atoms with Crippen LogP contribution >= 0.6 is 11.6 Å². The van der Waals surface area contributed by atoms with Crippen molar-refractivity contribution in [1.29, 1.82) is 0 Å². The van der Waals surface area contributed by atoms with Gasteiger partial charge in [-0.1, -0.05) is 16.8 Å². The molecular formula is C8H8ClN3O4. The van der Waals surface area contributed by atoms with E-state index in [2.05, 4.69) is 5.16 Å². The molecule has 86 valence electrons. The van der Waals surface area contributed by atoms with Crippen molar-refractivity contribution in [2.24, 2.45) is 10.9 Å². The highest BCUT2D eigenvalue weighted by Crippen LogP contribution is 2.28. The van der Waals surface area contributed by atoms with Crippen molar-refractivity contribution < 1.29 is 14.9 Å². The number of nitrogens with zero attached hydrogens (tertiary/aromatic N) is 2. The summed E-state index contributed by atoms with van der Waals surface area (Å²) in [5.74, 6) is 0.0910. The summed E-state index contributed by atoms with van der Waals surface area (Å²) in [6.07, 6.45) is 0. The molecule has 3 N–H and O–H groups in total. The molecule has 0 heterocycles. The Morgan fingerprint density at radius 2 is 2.38 bits per heavy atom. The molecule has 0 spiro atoms. The fourth-order valence-electron chi connectivity index (χ4n) is 0.901. The first-order valence-corrected chi connectivity index (χ1v) is 4.45. The second-order valence-corrected chi connectivity index (χ2v) is 3.16. The van der Waals surface area contributed by atoms with Gasteiger partial charge in [0.1, 0.15) is 12.4 Å². The Hall–Kier alpha value is -2.02. The maximum Gasteiger partial charge on any atom is 0.271 e. The molecule has 0 atom stereocenters. The van der Waals surface area contributed by atoms with Crippen LogP contribution in [0.2, 0.25) is 5.02 Å². The topological polar surface area (TPSA) is 111 Å². The van der Waals surface area contributed by atoms with Crippen molar-refractivity contribution in [3.8, 4) is 5.75 Å². The minimum atomic E-state index is -0.570. The van der Waals surface area contributed by atoms with Crippen LogP contribution in [0.5, 0.6) is 5.75 Å². The number of benzene rings is 1. The number of amidine groups is 1. The van der Waals surface area contributed by atoms with Crippen molar-refractivity contribution >= 4 is 23.1 Å². The van der Waals surface area contributed by atoms with Crippen LogP contribution < -0.4 is 10.5 Å². The number of hydrogen-bond donors (Lipinski definition) is 2. The van der Waals surface area contributed by atoms with Crippen molar-refractivity contribution in [2.75, 3.05) is 6.61 Å². The highest BCUT2D eigenvalue weighted by atomic mass is 35.5. The number of rotatable bonds is 4. The summed E-state index contributed by atoms with van der Waals surface area (Å²) < 4.78 is 5.05. The van der Waals surface area contributed by atoms with Crippen molar-refractivity contribution in [3.05, 3.63) is 33.3 Å². The van der Waals surface area contributed by atoms with Gasteiger partial charge in [-0.25, -0.2) is 0 Å². The van der Waals surface area contributed by atoms with Crippen LogP contribution in [0, 0.1) is 10.1 Å². The van der Waals surface area contributed by atoms with Gasteiger partial charge in [-0.2, -0.15) is 0 Å². The third-order valence-corrected chi connectivity index (χ3v) is 1.93. The fourth-order valence-corrected chi connectivity index (χ4v) is 1.13. The van der Waals surface area contributed by atoms with Gasteiger partial charge in [-0.15, -0.1) is 0 Å². The van der Waals surface area contributed by atoms with Crippen LogP contribution in [0.25, 0.3) is 0 Å². The molecule has 0 aliphatic rings. The van der Waals surface area contributed by atoms with E-state index in [-0.39, 0.29) is 28.9 Å². The summed E-state index contributed by atoms with van der Waals surface area (Å²) in [6, 6.07) is 3.74. The number of oxime groups is 1. The summed E-state index contributed by atoms with van der Waals surface area (Å²) in [5.41, 5.74) is 5.03. The molecule has 1 aromatic carbocycles. The second-order valence-electron chi connectivity index (χ2n) is 2.75. The minimum Gasteiger partial charge on any atom is -0.484 e. The summed E-state index contributed by atoms with van der Waals surface area (Å²) in [5, 5.41) is 21.5. The molecule has 0 saturated carbocycles. The molecule has 16 heavy (non-hydrogen) atoms. The molecule has 0 aliphatic carbocycles. The van der Waals surface area contributed by atoms with Crippen LogP contribution in [-0.2, 0) is 0 Å². The number of halogens is 1. The van der Waals surface area contributed by atoms with Gasteiger partial charge in [0.25, 0.3) is 5.69 Å².